The number of nitro groups is 2. The van der Waals surface area contributed by atoms with E-state index in [4.69, 9.17) is 9.53 Å². The van der Waals surface area contributed by atoms with Crippen LogP contribution < -0.4 is 0 Å². The smallest absolute Gasteiger partial charge is 0.272 e. The molecule has 0 unspecified atom stereocenters. The highest BCUT2D eigenvalue weighted by atomic mass is 28.3. The Morgan fingerprint density at radius 1 is 0.976 bits per heavy atom. The van der Waals surface area contributed by atoms with E-state index in [1.54, 1.807) is 10.8 Å². The topological polar surface area (TPSA) is 151 Å². The maximum absolute atomic E-state index is 14.4. The lowest BCUT2D eigenvalue weighted by molar-refractivity contribution is -0.385. The van der Waals surface area contributed by atoms with Gasteiger partial charge in [-0.05, 0) is 25.2 Å². The molecule has 2 aromatic carbocycles. The predicted octanol–water partition coefficient (Wildman–Crippen LogP) is 5.40. The predicted molar refractivity (Wildman–Crippen MR) is 147 cm³/mol. The lowest BCUT2D eigenvalue weighted by atomic mass is 9.93. The SMILES string of the molecule is C[Si](C)OCc1nc(C(C)(C)C)cn1-c1ccc([N+](=O)[O-])cc1F.O=[N+]([O-])c1ccc(-n2cnc(CO)c2)c(F)c1. The molecule has 0 amide bonds. The van der Waals surface area contributed by atoms with Gasteiger partial charge in [0.15, 0.2) is 11.6 Å². The number of aromatic nitrogens is 4. The Balaban J connectivity index is 0.000000239. The van der Waals surface area contributed by atoms with Gasteiger partial charge in [0.2, 0.25) is 9.04 Å². The zero-order valence-electron chi connectivity index (χ0n) is 23.0. The molecule has 12 nitrogen and oxygen atoms in total. The molecule has 1 N–H and O–H groups in total. The molecule has 0 saturated carbocycles. The van der Waals surface area contributed by atoms with Crippen LogP contribution in [0, 0.1) is 31.9 Å². The molecule has 0 fully saturated rings. The lowest BCUT2D eigenvalue weighted by Gasteiger charge is -2.14. The first-order chi connectivity index (χ1) is 19.2. The first-order valence-electron chi connectivity index (χ1n) is 12.2. The molecule has 15 heteroatoms. The van der Waals surface area contributed by atoms with Crippen molar-refractivity contribution in [3.63, 3.8) is 0 Å². The molecule has 0 bridgehead atoms. The van der Waals surface area contributed by atoms with Crippen LogP contribution in [0.15, 0.2) is 55.1 Å². The average molecular weight is 588 g/mol. The second-order valence-electron chi connectivity index (χ2n) is 10.1. The third-order valence-corrected chi connectivity index (χ3v) is 6.38. The Kier molecular flexibility index (Phi) is 9.80. The molecule has 0 saturated heterocycles. The minimum Gasteiger partial charge on any atom is -0.410 e. The number of hydrogen-bond acceptors (Lipinski definition) is 8. The average Bonchev–Trinajstić information content (AvgIpc) is 3.55. The van der Waals surface area contributed by atoms with Gasteiger partial charge < -0.3 is 14.1 Å². The summed E-state index contributed by atoms with van der Waals surface area (Å²) in [4.78, 5) is 28.3. The van der Waals surface area contributed by atoms with Crippen LogP contribution >= 0.6 is 0 Å². The van der Waals surface area contributed by atoms with Crippen LogP contribution in [0.25, 0.3) is 11.4 Å². The Bertz CT molecular complexity index is 1550. The minimum atomic E-state index is -0.920. The van der Waals surface area contributed by atoms with Crippen molar-refractivity contribution >= 4 is 20.4 Å². The van der Waals surface area contributed by atoms with Crippen molar-refractivity contribution in [3.05, 3.63) is 104 Å². The number of rotatable bonds is 8. The number of imidazole rings is 2. The zero-order valence-corrected chi connectivity index (χ0v) is 24.0. The molecule has 2 heterocycles. The molecular weight excluding hydrogens is 558 g/mol. The van der Waals surface area contributed by atoms with Gasteiger partial charge in [0.05, 0.1) is 64.3 Å². The summed E-state index contributed by atoms with van der Waals surface area (Å²) in [6.07, 6.45) is 4.54. The van der Waals surface area contributed by atoms with Gasteiger partial charge in [0.25, 0.3) is 11.4 Å². The van der Waals surface area contributed by atoms with Crippen LogP contribution in [0.3, 0.4) is 0 Å². The normalized spacial score (nSPS) is 11.3. The van der Waals surface area contributed by atoms with Gasteiger partial charge >= 0.3 is 0 Å². The molecule has 4 aromatic rings. The molecule has 0 aliphatic carbocycles. The molecule has 0 atom stereocenters. The minimum absolute atomic E-state index is 0.141. The van der Waals surface area contributed by atoms with Crippen molar-refractivity contribution in [1.29, 1.82) is 0 Å². The molecule has 0 spiro atoms. The summed E-state index contributed by atoms with van der Waals surface area (Å²) in [5, 5.41) is 30.0. The lowest BCUT2D eigenvalue weighted by Crippen LogP contribution is -2.12. The summed E-state index contributed by atoms with van der Waals surface area (Å²) in [7, 11) is -0.920. The molecule has 217 valence electrons. The van der Waals surface area contributed by atoms with Crippen LogP contribution in [0.4, 0.5) is 20.2 Å². The Labute approximate surface area is 235 Å². The fraction of sp³-hybridized carbons (Fsp3) is 0.308. The van der Waals surface area contributed by atoms with Gasteiger partial charge in [0.1, 0.15) is 5.82 Å². The maximum Gasteiger partial charge on any atom is 0.272 e. The Morgan fingerprint density at radius 3 is 1.98 bits per heavy atom. The van der Waals surface area contributed by atoms with Crippen molar-refractivity contribution in [2.75, 3.05) is 0 Å². The van der Waals surface area contributed by atoms with E-state index in [1.807, 2.05) is 33.9 Å². The van der Waals surface area contributed by atoms with Gasteiger partial charge in [0, 0.05) is 29.9 Å². The molecule has 0 aliphatic rings. The Morgan fingerprint density at radius 2 is 1.54 bits per heavy atom. The van der Waals surface area contributed by atoms with Gasteiger partial charge in [-0.15, -0.1) is 0 Å². The van der Waals surface area contributed by atoms with Crippen molar-refractivity contribution in [1.82, 2.24) is 19.1 Å². The van der Waals surface area contributed by atoms with Gasteiger partial charge in [-0.25, -0.2) is 18.7 Å². The fourth-order valence-corrected chi connectivity index (χ4v) is 3.92. The van der Waals surface area contributed by atoms with E-state index >= 15 is 0 Å². The number of aliphatic hydroxyl groups is 1. The summed E-state index contributed by atoms with van der Waals surface area (Å²) >= 11 is 0. The van der Waals surface area contributed by atoms with Crippen LogP contribution in [0.5, 0.6) is 0 Å². The molecule has 2 aromatic heterocycles. The summed E-state index contributed by atoms with van der Waals surface area (Å²) in [6.45, 7) is 10.1. The van der Waals surface area contributed by atoms with Crippen LogP contribution in [0.1, 0.15) is 38.0 Å². The van der Waals surface area contributed by atoms with Crippen molar-refractivity contribution in [2.45, 2.75) is 52.5 Å². The standard InChI is InChI=1S/C16H21FN3O3Si.C10H8FN3O3/c1-16(2,3)14-9-19(15(18-14)10-23-24(4)5)13-7-6-11(20(21)22)8-12(13)17;11-9-3-8(14(16)17)1-2-10(9)13-4-7(5-15)12-6-13/h6-9H,10H2,1-5H3;1-4,6,15H,5H2. The highest BCUT2D eigenvalue weighted by Crippen LogP contribution is 2.27. The van der Waals surface area contributed by atoms with Gasteiger partial charge in [-0.3, -0.25) is 24.8 Å². The number of halogens is 2. The van der Waals surface area contributed by atoms with Crippen molar-refractivity contribution < 1.29 is 28.2 Å². The van der Waals surface area contributed by atoms with Crippen molar-refractivity contribution in [3.8, 4) is 11.4 Å². The Hall–Kier alpha value is -4.34. The van der Waals surface area contributed by atoms with E-state index < -0.39 is 30.5 Å². The summed E-state index contributed by atoms with van der Waals surface area (Å²) < 4.78 is 36.7. The van der Waals surface area contributed by atoms with Crippen LogP contribution in [-0.4, -0.2) is 43.1 Å². The molecule has 0 aliphatic heterocycles. The van der Waals surface area contributed by atoms with Crippen LogP contribution in [-0.2, 0) is 23.1 Å². The summed E-state index contributed by atoms with van der Waals surface area (Å²) in [5.41, 5.74) is 0.767. The van der Waals surface area contributed by atoms with Gasteiger partial charge in [-0.2, -0.15) is 0 Å². The molecule has 41 heavy (non-hydrogen) atoms. The first-order valence-corrected chi connectivity index (χ1v) is 14.7. The quantitative estimate of drug-likeness (QED) is 0.164. The van der Waals surface area contributed by atoms with Gasteiger partial charge in [-0.1, -0.05) is 20.8 Å². The van der Waals surface area contributed by atoms with E-state index in [2.05, 4.69) is 9.97 Å². The molecular formula is C26H29F2N6O6Si. The zero-order chi connectivity index (χ0) is 30.5. The second kappa shape index (κ2) is 12.9. The van der Waals surface area contributed by atoms with E-state index in [0.717, 1.165) is 17.8 Å². The maximum atomic E-state index is 14.4. The largest absolute Gasteiger partial charge is 0.410 e. The first kappa shape index (κ1) is 31.2. The molecule has 4 rings (SSSR count). The second-order valence-corrected chi connectivity index (χ2v) is 12.2. The van der Waals surface area contributed by atoms with E-state index in [0.29, 0.717) is 11.5 Å². The molecule has 1 radical (unpaired) electrons. The number of nitro benzene ring substituents is 2. The third-order valence-electron chi connectivity index (χ3n) is 5.66. The summed E-state index contributed by atoms with van der Waals surface area (Å²) in [6, 6.07) is 6.94. The highest BCUT2D eigenvalue weighted by Gasteiger charge is 2.22. The number of hydrogen-bond donors (Lipinski definition) is 1. The van der Waals surface area contributed by atoms with E-state index in [1.165, 1.54) is 41.4 Å². The summed E-state index contributed by atoms with van der Waals surface area (Å²) in [5.74, 6) is -0.804. The number of nitrogens with zero attached hydrogens (tertiary/aromatic N) is 6. The third kappa shape index (κ3) is 7.87. The van der Waals surface area contributed by atoms with E-state index in [-0.39, 0.29) is 41.4 Å². The fourth-order valence-electron chi connectivity index (χ4n) is 3.50. The van der Waals surface area contributed by atoms with Crippen molar-refractivity contribution in [2.24, 2.45) is 0 Å². The van der Waals surface area contributed by atoms with Crippen LogP contribution in [0.2, 0.25) is 13.1 Å². The monoisotopic (exact) mass is 587 g/mol. The van der Waals surface area contributed by atoms with E-state index in [9.17, 15) is 29.0 Å². The number of aliphatic hydroxyl groups excluding tert-OH is 1. The number of benzene rings is 2. The number of non-ortho nitro benzene ring substituents is 2. The highest BCUT2D eigenvalue weighted by molar-refractivity contribution is 6.48.